The van der Waals surface area contributed by atoms with Gasteiger partial charge in [-0.3, -0.25) is 24.2 Å². The van der Waals surface area contributed by atoms with E-state index in [1.165, 1.54) is 13.2 Å². The Kier molecular flexibility index (Phi) is 14.1. The molecule has 338 valence electrons. The van der Waals surface area contributed by atoms with Crippen molar-refractivity contribution in [3.63, 3.8) is 0 Å². The molecule has 1 spiro atoms. The standard InChI is InChI=1S/C53H52N4O9/c1-4-27-54-49(59)44-46-50(60)66-47(39-21-12-7-13-22-39)45(38-19-10-6-11-20-38)57(46)48(40-23-14-24-41(34-40)64-30-29-58)53(44)42-33-36(18-15-28-55(2)35-37-16-8-5-9-17-37)25-26-43(42)56(51(53)61)52(62)65-32-31-63-3/h4-14,16-17,19-26,33-34,44-48,58H,1,27-32,35H2,2-3H3,(H,54,59). The Hall–Kier alpha value is -7.08. The Balaban J connectivity index is 1.40. The summed E-state index contributed by atoms with van der Waals surface area (Å²) in [6, 6.07) is 37.8. The molecule has 6 atom stereocenters. The Morgan fingerprint density at radius 2 is 1.56 bits per heavy atom. The number of cyclic esters (lactones) is 1. The first-order valence-electron chi connectivity index (χ1n) is 21.9. The second-order valence-corrected chi connectivity index (χ2v) is 16.4. The van der Waals surface area contributed by atoms with Gasteiger partial charge in [-0.2, -0.15) is 0 Å². The van der Waals surface area contributed by atoms with E-state index in [-0.39, 0.29) is 38.7 Å². The predicted octanol–water partition coefficient (Wildman–Crippen LogP) is 6.29. The van der Waals surface area contributed by atoms with Gasteiger partial charge in [-0.15, -0.1) is 6.58 Å². The van der Waals surface area contributed by atoms with Crippen molar-refractivity contribution in [3.8, 4) is 17.6 Å². The number of carbonyl (C=O) groups excluding carboxylic acids is 4. The molecule has 0 aliphatic carbocycles. The van der Waals surface area contributed by atoms with Gasteiger partial charge in [0.15, 0.2) is 0 Å². The van der Waals surface area contributed by atoms with E-state index in [2.05, 4.69) is 40.8 Å². The molecule has 3 heterocycles. The van der Waals surface area contributed by atoms with Gasteiger partial charge in [0, 0.05) is 25.8 Å². The molecule has 0 saturated carbocycles. The molecule has 13 nitrogen and oxygen atoms in total. The van der Waals surface area contributed by atoms with Crippen molar-refractivity contribution in [1.82, 2.24) is 15.1 Å². The van der Waals surface area contributed by atoms with Gasteiger partial charge in [-0.1, -0.05) is 121 Å². The third-order valence-electron chi connectivity index (χ3n) is 12.3. The first kappa shape index (κ1) is 45.5. The van der Waals surface area contributed by atoms with Gasteiger partial charge in [0.2, 0.25) is 11.8 Å². The second-order valence-electron chi connectivity index (χ2n) is 16.4. The van der Waals surface area contributed by atoms with Gasteiger partial charge in [-0.05, 0) is 65.2 Å². The van der Waals surface area contributed by atoms with Crippen LogP contribution in [0.5, 0.6) is 5.75 Å². The zero-order valence-electron chi connectivity index (χ0n) is 36.9. The minimum absolute atomic E-state index is 0.0152. The van der Waals surface area contributed by atoms with E-state index in [1.54, 1.807) is 36.4 Å². The number of methoxy groups -OCH3 is 1. The van der Waals surface area contributed by atoms with Crippen molar-refractivity contribution < 1.29 is 43.2 Å². The molecule has 3 aliphatic heterocycles. The monoisotopic (exact) mass is 888 g/mol. The maximum Gasteiger partial charge on any atom is 0.421 e. The van der Waals surface area contributed by atoms with E-state index in [4.69, 9.17) is 18.9 Å². The number of esters is 1. The number of anilines is 1. The molecular formula is C53H52N4O9. The van der Waals surface area contributed by atoms with E-state index in [9.17, 15) is 9.90 Å². The normalized spacial score (nSPS) is 21.9. The van der Waals surface area contributed by atoms with Crippen molar-refractivity contribution in [2.45, 2.75) is 36.2 Å². The highest BCUT2D eigenvalue weighted by atomic mass is 16.6. The molecule has 6 unspecified atom stereocenters. The highest BCUT2D eigenvalue weighted by molar-refractivity contribution is 6.23. The number of aliphatic hydroxyl groups excluding tert-OH is 1. The van der Waals surface area contributed by atoms with Crippen LogP contribution in [-0.4, -0.2) is 98.5 Å². The molecule has 5 aromatic rings. The number of ether oxygens (including phenoxy) is 4. The maximum absolute atomic E-state index is 16.2. The van der Waals surface area contributed by atoms with Gasteiger partial charge in [0.1, 0.15) is 36.5 Å². The summed E-state index contributed by atoms with van der Waals surface area (Å²) >= 11 is 0. The molecular weight excluding hydrogens is 837 g/mol. The number of amides is 3. The van der Waals surface area contributed by atoms with Gasteiger partial charge in [0.05, 0.1) is 43.4 Å². The Morgan fingerprint density at radius 3 is 2.26 bits per heavy atom. The number of aliphatic hydroxyl groups is 1. The van der Waals surface area contributed by atoms with Crippen LogP contribution in [0.2, 0.25) is 0 Å². The molecule has 0 bridgehead atoms. The lowest BCUT2D eigenvalue weighted by atomic mass is 9.65. The molecule has 0 radical (unpaired) electrons. The number of nitrogens with zero attached hydrogens (tertiary/aromatic N) is 3. The van der Waals surface area contributed by atoms with Gasteiger partial charge in [0.25, 0.3) is 0 Å². The fraction of sp³-hybridized carbons (Fsp3) is 0.283. The molecule has 0 aromatic heterocycles. The van der Waals surface area contributed by atoms with Crippen molar-refractivity contribution in [2.75, 3.05) is 58.6 Å². The lowest BCUT2D eigenvalue weighted by molar-refractivity contribution is -0.178. The van der Waals surface area contributed by atoms with Crippen LogP contribution in [0.1, 0.15) is 51.6 Å². The van der Waals surface area contributed by atoms with Crippen LogP contribution >= 0.6 is 0 Å². The minimum Gasteiger partial charge on any atom is -0.491 e. The van der Waals surface area contributed by atoms with E-state index in [1.807, 2.05) is 96.9 Å². The van der Waals surface area contributed by atoms with Gasteiger partial charge >= 0.3 is 12.1 Å². The summed E-state index contributed by atoms with van der Waals surface area (Å²) in [5.74, 6) is 3.31. The third kappa shape index (κ3) is 8.71. The zero-order valence-corrected chi connectivity index (χ0v) is 36.9. The number of imide groups is 1. The number of hydrogen-bond acceptors (Lipinski definition) is 11. The van der Waals surface area contributed by atoms with E-state index in [0.717, 1.165) is 16.0 Å². The Morgan fingerprint density at radius 1 is 0.864 bits per heavy atom. The van der Waals surface area contributed by atoms with Crippen LogP contribution in [0.15, 0.2) is 146 Å². The quantitative estimate of drug-likeness (QED) is 0.0529. The fourth-order valence-electron chi connectivity index (χ4n) is 9.69. The van der Waals surface area contributed by atoms with Crippen LogP contribution in [0.3, 0.4) is 0 Å². The molecule has 2 saturated heterocycles. The first-order valence-corrected chi connectivity index (χ1v) is 21.9. The lowest BCUT2D eigenvalue weighted by Crippen LogP contribution is -2.55. The maximum atomic E-state index is 16.2. The van der Waals surface area contributed by atoms with Crippen molar-refractivity contribution in [1.29, 1.82) is 0 Å². The molecule has 2 N–H and O–H groups in total. The average molecular weight is 889 g/mol. The van der Waals surface area contributed by atoms with E-state index < -0.39 is 59.4 Å². The first-order chi connectivity index (χ1) is 32.2. The topological polar surface area (TPSA) is 147 Å². The van der Waals surface area contributed by atoms with Crippen molar-refractivity contribution in [3.05, 3.63) is 179 Å². The Bertz CT molecular complexity index is 2620. The number of nitrogens with one attached hydrogen (secondary N) is 1. The van der Waals surface area contributed by atoms with E-state index in [0.29, 0.717) is 41.1 Å². The third-order valence-corrected chi connectivity index (χ3v) is 12.3. The van der Waals surface area contributed by atoms with Crippen LogP contribution in [-0.2, 0) is 40.6 Å². The molecule has 3 amide bonds. The van der Waals surface area contributed by atoms with Crippen LogP contribution in [0, 0.1) is 17.8 Å². The van der Waals surface area contributed by atoms with Crippen LogP contribution in [0.25, 0.3) is 0 Å². The SMILES string of the molecule is C=CCNC(=O)C1C2C(=O)OC(c3ccccc3)C(c3ccccc3)N2C(c2cccc(OCCO)c2)C12C(=O)N(C(=O)OCCOC)c1ccc(C#CCN(C)Cc3ccccc3)cc12. The number of fused-ring (bicyclic) bond motifs is 3. The molecule has 66 heavy (non-hydrogen) atoms. The number of benzene rings is 5. The predicted molar refractivity (Wildman–Crippen MR) is 247 cm³/mol. The number of rotatable bonds is 15. The highest BCUT2D eigenvalue weighted by Crippen LogP contribution is 2.66. The Labute approximate surface area is 384 Å². The summed E-state index contributed by atoms with van der Waals surface area (Å²) in [5.41, 5.74) is 2.07. The summed E-state index contributed by atoms with van der Waals surface area (Å²) < 4.78 is 23.3. The van der Waals surface area contributed by atoms with Gasteiger partial charge < -0.3 is 29.4 Å². The summed E-state index contributed by atoms with van der Waals surface area (Å²) in [6.45, 7) is 4.55. The van der Waals surface area contributed by atoms with Crippen LogP contribution in [0.4, 0.5) is 10.5 Å². The fourth-order valence-corrected chi connectivity index (χ4v) is 9.69. The lowest BCUT2D eigenvalue weighted by Gasteiger charge is -2.46. The molecule has 8 rings (SSSR count). The summed E-state index contributed by atoms with van der Waals surface area (Å²) in [6.07, 6.45) is -0.368. The van der Waals surface area contributed by atoms with Gasteiger partial charge in [-0.25, -0.2) is 9.69 Å². The smallest absolute Gasteiger partial charge is 0.421 e. The van der Waals surface area contributed by atoms with Crippen molar-refractivity contribution >= 4 is 29.6 Å². The number of morpholine rings is 1. The number of carbonyl (C=O) groups is 4. The molecule has 2 fully saturated rings. The molecule has 3 aliphatic rings. The summed E-state index contributed by atoms with van der Waals surface area (Å²) in [5, 5.41) is 12.7. The van der Waals surface area contributed by atoms with E-state index >= 15 is 14.4 Å². The van der Waals surface area contributed by atoms with Crippen molar-refractivity contribution in [2.24, 2.45) is 5.92 Å². The zero-order chi connectivity index (χ0) is 46.2. The van der Waals surface area contributed by atoms with Crippen LogP contribution < -0.4 is 15.0 Å². The number of hydrogen-bond donors (Lipinski definition) is 2. The highest BCUT2D eigenvalue weighted by Gasteiger charge is 2.75. The summed E-state index contributed by atoms with van der Waals surface area (Å²) in [4.78, 5) is 66.1. The second kappa shape index (κ2) is 20.4. The summed E-state index contributed by atoms with van der Waals surface area (Å²) in [7, 11) is 3.44. The largest absolute Gasteiger partial charge is 0.491 e. The molecule has 5 aromatic carbocycles. The minimum atomic E-state index is -2.01. The average Bonchev–Trinajstić information content (AvgIpc) is 3.80. The molecule has 13 heteroatoms.